The van der Waals surface area contributed by atoms with Gasteiger partial charge in [-0.3, -0.25) is 0 Å². The van der Waals surface area contributed by atoms with Crippen molar-refractivity contribution < 1.29 is 24.4 Å². The molecule has 1 aromatic carbocycles. The fourth-order valence-corrected chi connectivity index (χ4v) is 2.46. The van der Waals surface area contributed by atoms with Crippen LogP contribution in [0.3, 0.4) is 0 Å². The standard InChI is InChI=1S/C14H16N2O4/c1-2-5-12-15(8-13(17)18)10-6-3-4-7-11(10)16(12)9-14(19)20/h3-4,6-7H,2,5,8-9H2,1H3,(H-,17,18,19,20)/p+1. The average Bonchev–Trinajstić information content (AvgIpc) is 2.65. The maximum Gasteiger partial charge on any atom is 0.346 e. The molecule has 6 nitrogen and oxygen atoms in total. The third-order valence-electron chi connectivity index (χ3n) is 3.15. The number of imidazole rings is 1. The second-order valence-corrected chi connectivity index (χ2v) is 4.61. The molecule has 20 heavy (non-hydrogen) atoms. The number of aromatic nitrogens is 2. The van der Waals surface area contributed by atoms with Gasteiger partial charge < -0.3 is 10.2 Å². The minimum atomic E-state index is -0.939. The molecule has 0 amide bonds. The van der Waals surface area contributed by atoms with Crippen LogP contribution in [0.1, 0.15) is 19.2 Å². The molecule has 0 unspecified atom stereocenters. The zero-order valence-corrected chi connectivity index (χ0v) is 11.2. The number of carbonyl (C=O) groups is 2. The number of hydrogen-bond acceptors (Lipinski definition) is 2. The van der Waals surface area contributed by atoms with Crippen LogP contribution < -0.4 is 4.57 Å². The van der Waals surface area contributed by atoms with Crippen molar-refractivity contribution in [3.63, 3.8) is 0 Å². The lowest BCUT2D eigenvalue weighted by atomic mass is 10.3. The predicted molar refractivity (Wildman–Crippen MR) is 71.4 cm³/mol. The topological polar surface area (TPSA) is 83.4 Å². The molecule has 6 heteroatoms. The first kappa shape index (κ1) is 14.0. The van der Waals surface area contributed by atoms with E-state index in [4.69, 9.17) is 10.2 Å². The molecule has 0 spiro atoms. The molecule has 0 aliphatic heterocycles. The van der Waals surface area contributed by atoms with Crippen LogP contribution in [0.15, 0.2) is 24.3 Å². The third-order valence-corrected chi connectivity index (χ3v) is 3.15. The highest BCUT2D eigenvalue weighted by molar-refractivity contribution is 5.76. The zero-order valence-electron chi connectivity index (χ0n) is 11.2. The maximum atomic E-state index is 11.1. The monoisotopic (exact) mass is 277 g/mol. The molecule has 0 aliphatic carbocycles. The van der Waals surface area contributed by atoms with Gasteiger partial charge in [0.25, 0.3) is 5.82 Å². The lowest BCUT2D eigenvalue weighted by Crippen LogP contribution is -2.41. The number of fused-ring (bicyclic) bond motifs is 1. The summed E-state index contributed by atoms with van der Waals surface area (Å²) in [6.07, 6.45) is 1.45. The molecule has 0 radical (unpaired) electrons. The summed E-state index contributed by atoms with van der Waals surface area (Å²) in [6.45, 7) is 1.65. The van der Waals surface area contributed by atoms with Crippen LogP contribution in [0.2, 0.25) is 0 Å². The number of hydrogen-bond donors (Lipinski definition) is 2. The number of benzene rings is 1. The SMILES string of the molecule is CCCc1n(CC(=O)O)c2ccccc2[n+]1CC(=O)O. The molecule has 1 aromatic heterocycles. The van der Waals surface area contributed by atoms with Crippen molar-refractivity contribution in [3.8, 4) is 0 Å². The Morgan fingerprint density at radius 2 is 1.90 bits per heavy atom. The Labute approximate surface area is 115 Å². The first-order valence-corrected chi connectivity index (χ1v) is 6.48. The molecule has 2 aromatic rings. The van der Waals surface area contributed by atoms with E-state index in [1.807, 2.05) is 31.2 Å². The predicted octanol–water partition coefficient (Wildman–Crippen LogP) is 1.05. The van der Waals surface area contributed by atoms with Gasteiger partial charge in [0.2, 0.25) is 0 Å². The van der Waals surface area contributed by atoms with Crippen LogP contribution in [0.4, 0.5) is 0 Å². The van der Waals surface area contributed by atoms with Gasteiger partial charge in [-0.2, -0.15) is 0 Å². The summed E-state index contributed by atoms with van der Waals surface area (Å²) in [7, 11) is 0. The molecular formula is C14H17N2O4+. The highest BCUT2D eigenvalue weighted by Gasteiger charge is 2.26. The van der Waals surface area contributed by atoms with Crippen LogP contribution in [0.25, 0.3) is 11.0 Å². The molecule has 2 N–H and O–H groups in total. The minimum Gasteiger partial charge on any atom is -0.478 e. The van der Waals surface area contributed by atoms with E-state index in [0.29, 0.717) is 6.42 Å². The van der Waals surface area contributed by atoms with Crippen molar-refractivity contribution >= 4 is 23.0 Å². The summed E-state index contributed by atoms with van der Waals surface area (Å²) in [6, 6.07) is 7.27. The van der Waals surface area contributed by atoms with E-state index in [-0.39, 0.29) is 13.1 Å². The molecule has 0 saturated heterocycles. The quantitative estimate of drug-likeness (QED) is 0.773. The lowest BCUT2D eigenvalue weighted by Gasteiger charge is -2.01. The van der Waals surface area contributed by atoms with Gasteiger partial charge in [-0.05, 0) is 18.6 Å². The number of carboxylic acids is 2. The van der Waals surface area contributed by atoms with Crippen LogP contribution >= 0.6 is 0 Å². The minimum absolute atomic E-state index is 0.164. The van der Waals surface area contributed by atoms with Gasteiger partial charge in [0.15, 0.2) is 24.1 Å². The largest absolute Gasteiger partial charge is 0.478 e. The molecule has 106 valence electrons. The van der Waals surface area contributed by atoms with Gasteiger partial charge in [-0.15, -0.1) is 0 Å². The summed E-state index contributed by atoms with van der Waals surface area (Å²) in [4.78, 5) is 22.1. The first-order chi connectivity index (χ1) is 9.54. The van der Waals surface area contributed by atoms with Crippen molar-refractivity contribution in [2.24, 2.45) is 0 Å². The van der Waals surface area contributed by atoms with Crippen molar-refractivity contribution in [2.45, 2.75) is 32.9 Å². The first-order valence-electron chi connectivity index (χ1n) is 6.48. The average molecular weight is 277 g/mol. The van der Waals surface area contributed by atoms with E-state index in [9.17, 15) is 9.59 Å². The molecular weight excluding hydrogens is 260 g/mol. The third kappa shape index (κ3) is 2.64. The number of para-hydroxylation sites is 2. The van der Waals surface area contributed by atoms with E-state index in [2.05, 4.69) is 0 Å². The molecule has 0 aliphatic rings. The van der Waals surface area contributed by atoms with Crippen LogP contribution in [0.5, 0.6) is 0 Å². The van der Waals surface area contributed by atoms with Gasteiger partial charge in [-0.25, -0.2) is 18.7 Å². The van der Waals surface area contributed by atoms with Crippen LogP contribution in [0, 0.1) is 0 Å². The summed E-state index contributed by atoms with van der Waals surface area (Å²) < 4.78 is 3.37. The molecule has 2 rings (SSSR count). The van der Waals surface area contributed by atoms with Crippen LogP contribution in [-0.4, -0.2) is 26.7 Å². The highest BCUT2D eigenvalue weighted by atomic mass is 16.4. The smallest absolute Gasteiger partial charge is 0.346 e. The van der Waals surface area contributed by atoms with Gasteiger partial charge in [0, 0.05) is 6.42 Å². The van der Waals surface area contributed by atoms with Crippen molar-refractivity contribution in [1.82, 2.24) is 4.57 Å². The Morgan fingerprint density at radius 1 is 1.20 bits per heavy atom. The molecule has 0 atom stereocenters. The normalized spacial score (nSPS) is 10.8. The Bertz CT molecular complexity index is 607. The number of aliphatic carboxylic acids is 2. The van der Waals surface area contributed by atoms with Gasteiger partial charge in [0.05, 0.1) is 0 Å². The summed E-state index contributed by atoms with van der Waals surface area (Å²) in [5.41, 5.74) is 1.50. The zero-order chi connectivity index (χ0) is 14.7. The van der Waals surface area contributed by atoms with Gasteiger partial charge in [-0.1, -0.05) is 19.1 Å². The van der Waals surface area contributed by atoms with Gasteiger partial charge >= 0.3 is 11.9 Å². The highest BCUT2D eigenvalue weighted by Crippen LogP contribution is 2.15. The number of carboxylic acid groups (broad SMARTS) is 2. The van der Waals surface area contributed by atoms with Crippen molar-refractivity contribution in [1.29, 1.82) is 0 Å². The number of nitrogens with zero attached hydrogens (tertiary/aromatic N) is 2. The Kier molecular flexibility index (Phi) is 4.02. The van der Waals surface area contributed by atoms with E-state index in [1.54, 1.807) is 9.13 Å². The second-order valence-electron chi connectivity index (χ2n) is 4.61. The summed E-state index contributed by atoms with van der Waals surface area (Å²) in [5, 5.41) is 18.1. The van der Waals surface area contributed by atoms with E-state index >= 15 is 0 Å². The van der Waals surface area contributed by atoms with Crippen LogP contribution in [-0.2, 0) is 29.1 Å². The fourth-order valence-electron chi connectivity index (χ4n) is 2.46. The fraction of sp³-hybridized carbons (Fsp3) is 0.357. The van der Waals surface area contributed by atoms with Gasteiger partial charge in [0.1, 0.15) is 0 Å². The molecule has 0 saturated carbocycles. The summed E-state index contributed by atoms with van der Waals surface area (Å²) >= 11 is 0. The number of rotatable bonds is 6. The second kappa shape index (κ2) is 5.73. The Balaban J connectivity index is 2.69. The molecule has 1 heterocycles. The summed E-state index contributed by atoms with van der Waals surface area (Å²) in [5.74, 6) is -1.14. The van der Waals surface area contributed by atoms with Crippen molar-refractivity contribution in [2.75, 3.05) is 0 Å². The Hall–Kier alpha value is -2.37. The Morgan fingerprint density at radius 3 is 2.50 bits per heavy atom. The molecule has 0 fully saturated rings. The molecule has 0 bridgehead atoms. The lowest BCUT2D eigenvalue weighted by molar-refractivity contribution is -0.668. The van der Waals surface area contributed by atoms with Crippen molar-refractivity contribution in [3.05, 3.63) is 30.1 Å². The van der Waals surface area contributed by atoms with E-state index in [1.165, 1.54) is 0 Å². The van der Waals surface area contributed by atoms with E-state index in [0.717, 1.165) is 23.3 Å². The maximum absolute atomic E-state index is 11.1. The van der Waals surface area contributed by atoms with E-state index < -0.39 is 11.9 Å².